The van der Waals surface area contributed by atoms with Gasteiger partial charge in [0, 0.05) is 19.0 Å². The summed E-state index contributed by atoms with van der Waals surface area (Å²) in [6.07, 6.45) is 2.09. The molecule has 2 aliphatic rings. The average Bonchev–Trinajstić information content (AvgIpc) is 3.13. The van der Waals surface area contributed by atoms with Crippen LogP contribution in [0.15, 0.2) is 0 Å². The van der Waals surface area contributed by atoms with Crippen molar-refractivity contribution in [2.45, 2.75) is 38.4 Å². The summed E-state index contributed by atoms with van der Waals surface area (Å²) < 4.78 is 7.49. The Morgan fingerprint density at radius 1 is 1.45 bits per heavy atom. The van der Waals surface area contributed by atoms with Gasteiger partial charge in [0.1, 0.15) is 5.82 Å². The van der Waals surface area contributed by atoms with Crippen molar-refractivity contribution in [3.63, 3.8) is 0 Å². The molecule has 1 amide bonds. The van der Waals surface area contributed by atoms with Crippen molar-refractivity contribution in [3.8, 4) is 0 Å². The molecule has 0 saturated carbocycles. The number of nitrogens with zero attached hydrogens (tertiary/aromatic N) is 3. The molecule has 1 aromatic rings. The third-order valence-electron chi connectivity index (χ3n) is 4.17. The molecule has 3 heterocycles. The van der Waals surface area contributed by atoms with Crippen LogP contribution in [0.3, 0.4) is 0 Å². The van der Waals surface area contributed by atoms with Crippen molar-refractivity contribution in [1.29, 1.82) is 0 Å². The van der Waals surface area contributed by atoms with Crippen LogP contribution in [0.4, 0.5) is 0 Å². The number of aryl methyl sites for hydroxylation is 1. The average molecular weight is 279 g/mol. The van der Waals surface area contributed by atoms with Crippen molar-refractivity contribution in [1.82, 2.24) is 25.4 Å². The van der Waals surface area contributed by atoms with E-state index in [1.807, 2.05) is 14.0 Å². The van der Waals surface area contributed by atoms with Gasteiger partial charge in [-0.3, -0.25) is 4.79 Å². The first-order valence-corrected chi connectivity index (χ1v) is 7.18. The molecule has 110 valence electrons. The van der Waals surface area contributed by atoms with Gasteiger partial charge in [-0.25, -0.2) is 0 Å². The Morgan fingerprint density at radius 3 is 3.10 bits per heavy atom. The molecule has 0 radical (unpaired) electrons. The molecule has 0 aliphatic carbocycles. The molecule has 7 heteroatoms. The molecule has 1 fully saturated rings. The highest BCUT2D eigenvalue weighted by atomic mass is 16.5. The Kier molecular flexibility index (Phi) is 3.71. The third kappa shape index (κ3) is 2.31. The van der Waals surface area contributed by atoms with Crippen molar-refractivity contribution in [2.24, 2.45) is 5.92 Å². The summed E-state index contributed by atoms with van der Waals surface area (Å²) in [7, 11) is 1.86. The minimum absolute atomic E-state index is 0.0182. The van der Waals surface area contributed by atoms with E-state index in [0.717, 1.165) is 31.0 Å². The number of hydrogen-bond acceptors (Lipinski definition) is 5. The number of carbonyl (C=O) groups is 1. The fourth-order valence-corrected chi connectivity index (χ4v) is 2.98. The molecular formula is C13H21N5O2. The quantitative estimate of drug-likeness (QED) is 0.786. The summed E-state index contributed by atoms with van der Waals surface area (Å²) in [4.78, 5) is 12.3. The van der Waals surface area contributed by atoms with E-state index < -0.39 is 0 Å². The largest absolute Gasteiger partial charge is 0.379 e. The Bertz CT molecular complexity index is 501. The molecule has 0 bridgehead atoms. The number of likely N-dealkylation sites (N-methyl/N-ethyl adjacent to an activating group) is 1. The van der Waals surface area contributed by atoms with Gasteiger partial charge in [-0.2, -0.15) is 0 Å². The molecule has 1 aromatic heterocycles. The van der Waals surface area contributed by atoms with Gasteiger partial charge in [0.05, 0.1) is 25.2 Å². The SMILES string of the molecule is CNC1COCC1C(=O)NC(C)c1nnc2n1CCC2. The van der Waals surface area contributed by atoms with E-state index in [1.54, 1.807) is 0 Å². The van der Waals surface area contributed by atoms with Gasteiger partial charge in [-0.05, 0) is 20.4 Å². The number of fused-ring (bicyclic) bond motifs is 1. The number of hydrogen-bond donors (Lipinski definition) is 2. The second kappa shape index (κ2) is 5.49. The lowest BCUT2D eigenvalue weighted by Gasteiger charge is -2.19. The van der Waals surface area contributed by atoms with E-state index in [2.05, 4.69) is 25.4 Å². The smallest absolute Gasteiger partial charge is 0.227 e. The highest BCUT2D eigenvalue weighted by Gasteiger charge is 2.34. The van der Waals surface area contributed by atoms with Crippen molar-refractivity contribution < 1.29 is 9.53 Å². The minimum Gasteiger partial charge on any atom is -0.379 e. The molecule has 2 N–H and O–H groups in total. The zero-order valence-corrected chi connectivity index (χ0v) is 11.9. The fourth-order valence-electron chi connectivity index (χ4n) is 2.98. The van der Waals surface area contributed by atoms with E-state index in [1.165, 1.54) is 0 Å². The van der Waals surface area contributed by atoms with Crippen LogP contribution in [0.25, 0.3) is 0 Å². The van der Waals surface area contributed by atoms with Crippen LogP contribution < -0.4 is 10.6 Å². The van der Waals surface area contributed by atoms with E-state index >= 15 is 0 Å². The van der Waals surface area contributed by atoms with Gasteiger partial charge in [-0.15, -0.1) is 10.2 Å². The van der Waals surface area contributed by atoms with E-state index in [0.29, 0.717) is 13.2 Å². The van der Waals surface area contributed by atoms with E-state index in [4.69, 9.17) is 4.74 Å². The maximum Gasteiger partial charge on any atom is 0.227 e. The molecule has 3 unspecified atom stereocenters. The van der Waals surface area contributed by atoms with Crippen LogP contribution in [0.5, 0.6) is 0 Å². The molecular weight excluding hydrogens is 258 g/mol. The summed E-state index contributed by atoms with van der Waals surface area (Å²) in [5.74, 6) is 1.76. The highest BCUT2D eigenvalue weighted by molar-refractivity contribution is 5.80. The van der Waals surface area contributed by atoms with Gasteiger partial charge in [0.15, 0.2) is 5.82 Å². The Morgan fingerprint density at radius 2 is 2.30 bits per heavy atom. The van der Waals surface area contributed by atoms with Crippen molar-refractivity contribution >= 4 is 5.91 Å². The second-order valence-corrected chi connectivity index (χ2v) is 5.50. The van der Waals surface area contributed by atoms with Crippen LogP contribution in [0.2, 0.25) is 0 Å². The number of carbonyl (C=O) groups excluding carboxylic acids is 1. The number of ether oxygens (including phenoxy) is 1. The van der Waals surface area contributed by atoms with Gasteiger partial charge in [0.25, 0.3) is 0 Å². The van der Waals surface area contributed by atoms with Crippen LogP contribution in [0.1, 0.15) is 31.0 Å². The third-order valence-corrected chi connectivity index (χ3v) is 4.17. The van der Waals surface area contributed by atoms with Gasteiger partial charge in [-0.1, -0.05) is 0 Å². The molecule has 3 rings (SSSR count). The topological polar surface area (TPSA) is 81.1 Å². The van der Waals surface area contributed by atoms with Gasteiger partial charge < -0.3 is 19.9 Å². The zero-order chi connectivity index (χ0) is 14.1. The summed E-state index contributed by atoms with van der Waals surface area (Å²) in [5, 5.41) is 14.5. The maximum atomic E-state index is 12.3. The first-order valence-electron chi connectivity index (χ1n) is 7.18. The van der Waals surface area contributed by atoms with Crippen LogP contribution in [0, 0.1) is 5.92 Å². The fraction of sp³-hybridized carbons (Fsp3) is 0.769. The summed E-state index contributed by atoms with van der Waals surface area (Å²) in [5.41, 5.74) is 0. The number of nitrogens with one attached hydrogen (secondary N) is 2. The van der Waals surface area contributed by atoms with Gasteiger partial charge >= 0.3 is 0 Å². The molecule has 20 heavy (non-hydrogen) atoms. The van der Waals surface area contributed by atoms with Crippen molar-refractivity contribution in [3.05, 3.63) is 11.6 Å². The Balaban J connectivity index is 1.66. The molecule has 0 spiro atoms. The first-order chi connectivity index (χ1) is 9.70. The predicted octanol–water partition coefficient (Wildman–Crippen LogP) is -0.364. The monoisotopic (exact) mass is 279 g/mol. The van der Waals surface area contributed by atoms with Crippen LogP contribution in [-0.4, -0.2) is 47.0 Å². The predicted molar refractivity (Wildman–Crippen MR) is 72.1 cm³/mol. The maximum absolute atomic E-state index is 12.3. The molecule has 2 aliphatic heterocycles. The standard InChI is InChI=1S/C13H21N5O2/c1-8(12-17-16-11-4-3-5-18(11)12)15-13(19)9-6-20-7-10(9)14-2/h8-10,14H,3-7H2,1-2H3,(H,15,19). The molecule has 0 aromatic carbocycles. The molecule has 3 atom stereocenters. The molecule has 1 saturated heterocycles. The minimum atomic E-state index is -0.136. The number of rotatable bonds is 4. The van der Waals surface area contributed by atoms with Crippen LogP contribution in [-0.2, 0) is 22.5 Å². The number of amides is 1. The second-order valence-electron chi connectivity index (χ2n) is 5.50. The normalized spacial score (nSPS) is 26.5. The Hall–Kier alpha value is -1.47. The lowest BCUT2D eigenvalue weighted by molar-refractivity contribution is -0.126. The lowest BCUT2D eigenvalue weighted by atomic mass is 10.0. The van der Waals surface area contributed by atoms with Crippen LogP contribution >= 0.6 is 0 Å². The Labute approximate surface area is 118 Å². The first kappa shape index (κ1) is 13.5. The summed E-state index contributed by atoms with van der Waals surface area (Å²) in [6.45, 7) is 3.96. The number of aromatic nitrogens is 3. The summed E-state index contributed by atoms with van der Waals surface area (Å²) >= 11 is 0. The zero-order valence-electron chi connectivity index (χ0n) is 11.9. The van der Waals surface area contributed by atoms with E-state index in [9.17, 15) is 4.79 Å². The lowest BCUT2D eigenvalue weighted by Crippen LogP contribution is -2.43. The highest BCUT2D eigenvalue weighted by Crippen LogP contribution is 2.20. The van der Waals surface area contributed by atoms with E-state index in [-0.39, 0.29) is 23.9 Å². The summed E-state index contributed by atoms with van der Waals surface area (Å²) in [6, 6.07) is -0.0359. The van der Waals surface area contributed by atoms with Gasteiger partial charge in [0.2, 0.25) is 5.91 Å². The van der Waals surface area contributed by atoms with Crippen molar-refractivity contribution in [2.75, 3.05) is 20.3 Å². The molecule has 7 nitrogen and oxygen atoms in total.